The van der Waals surface area contributed by atoms with E-state index in [-0.39, 0.29) is 0 Å². The molecule has 33 heavy (non-hydrogen) atoms. The molecular formula is C26H28N6S. The zero-order valence-corrected chi connectivity index (χ0v) is 19.9. The summed E-state index contributed by atoms with van der Waals surface area (Å²) in [6.45, 7) is 7.80. The second kappa shape index (κ2) is 9.36. The van der Waals surface area contributed by atoms with Gasteiger partial charge in [-0.3, -0.25) is 0 Å². The summed E-state index contributed by atoms with van der Waals surface area (Å²) in [7, 11) is 2.19. The van der Waals surface area contributed by atoms with Crippen LogP contribution in [0.25, 0.3) is 27.2 Å². The van der Waals surface area contributed by atoms with Crippen molar-refractivity contribution in [1.82, 2.24) is 19.8 Å². The normalized spacial score (nSPS) is 15.5. The second-order valence-electron chi connectivity index (χ2n) is 8.66. The average Bonchev–Trinajstić information content (AvgIpc) is 3.47. The van der Waals surface area contributed by atoms with Gasteiger partial charge in [0.25, 0.3) is 0 Å². The number of likely N-dealkylation sites (N-methyl/N-ethyl adjacent to an activating group) is 1. The standard InChI is InChI=1S/C26H28N6S/c1-18-21-8-9-28-24(21)7-6-23(18)30-25-19(16-27)17-29-26-22(25)15-20(33-26)5-3-4-10-32-13-11-31(2)12-14-32/h3,5-9,15,17,28H,4,10-14H2,1-2H3,(H,29,30). The van der Waals surface area contributed by atoms with Crippen molar-refractivity contribution < 1.29 is 0 Å². The summed E-state index contributed by atoms with van der Waals surface area (Å²) in [6, 6.07) is 10.7. The lowest BCUT2D eigenvalue weighted by Gasteiger charge is -2.31. The molecule has 1 saturated heterocycles. The quantitative estimate of drug-likeness (QED) is 0.409. The molecule has 5 rings (SSSR count). The molecule has 1 fully saturated rings. The summed E-state index contributed by atoms with van der Waals surface area (Å²) >= 11 is 1.66. The fourth-order valence-electron chi connectivity index (χ4n) is 4.39. The molecule has 1 aliphatic rings. The van der Waals surface area contributed by atoms with Crippen LogP contribution in [0, 0.1) is 18.3 Å². The number of nitriles is 1. The highest BCUT2D eigenvalue weighted by Crippen LogP contribution is 2.36. The lowest BCUT2D eigenvalue weighted by atomic mass is 10.1. The van der Waals surface area contributed by atoms with Crippen LogP contribution in [0.5, 0.6) is 0 Å². The summed E-state index contributed by atoms with van der Waals surface area (Å²) in [4.78, 5) is 14.8. The van der Waals surface area contributed by atoms with Crippen molar-refractivity contribution >= 4 is 49.9 Å². The number of aromatic amines is 1. The number of thiophene rings is 1. The van der Waals surface area contributed by atoms with Crippen molar-refractivity contribution in [3.05, 3.63) is 58.7 Å². The highest BCUT2D eigenvalue weighted by Gasteiger charge is 2.15. The van der Waals surface area contributed by atoms with Gasteiger partial charge in [-0.25, -0.2) is 4.98 Å². The van der Waals surface area contributed by atoms with Gasteiger partial charge in [-0.2, -0.15) is 5.26 Å². The summed E-state index contributed by atoms with van der Waals surface area (Å²) in [6.07, 6.45) is 9.11. The van der Waals surface area contributed by atoms with Gasteiger partial charge in [-0.05, 0) is 56.3 Å². The molecule has 0 atom stereocenters. The number of hydrogen-bond acceptors (Lipinski definition) is 6. The topological polar surface area (TPSA) is 71.0 Å². The van der Waals surface area contributed by atoms with Gasteiger partial charge in [0.05, 0.1) is 11.3 Å². The molecule has 0 bridgehead atoms. The van der Waals surface area contributed by atoms with Crippen LogP contribution in [-0.2, 0) is 0 Å². The van der Waals surface area contributed by atoms with Gasteiger partial charge in [-0.1, -0.05) is 6.08 Å². The maximum Gasteiger partial charge on any atom is 0.125 e. The second-order valence-corrected chi connectivity index (χ2v) is 9.73. The lowest BCUT2D eigenvalue weighted by molar-refractivity contribution is 0.156. The highest BCUT2D eigenvalue weighted by atomic mass is 32.1. The molecule has 0 spiro atoms. The molecule has 0 aliphatic carbocycles. The number of benzene rings is 1. The van der Waals surface area contributed by atoms with Gasteiger partial charge < -0.3 is 20.1 Å². The van der Waals surface area contributed by atoms with E-state index in [2.05, 4.69) is 81.5 Å². The zero-order chi connectivity index (χ0) is 22.8. The largest absolute Gasteiger partial charge is 0.361 e. The fourth-order valence-corrected chi connectivity index (χ4v) is 5.33. The van der Waals surface area contributed by atoms with Gasteiger partial charge in [-0.15, -0.1) is 11.3 Å². The Hall–Kier alpha value is -3.18. The summed E-state index contributed by atoms with van der Waals surface area (Å²) in [5.74, 6) is 0. The van der Waals surface area contributed by atoms with Crippen LogP contribution in [0.2, 0.25) is 0 Å². The number of piperazine rings is 1. The molecule has 4 aromatic rings. The number of pyridine rings is 1. The van der Waals surface area contributed by atoms with Gasteiger partial charge in [0, 0.05) is 72.0 Å². The molecule has 3 aromatic heterocycles. The Kier molecular flexibility index (Phi) is 6.14. The van der Waals surface area contributed by atoms with E-state index in [0.717, 1.165) is 76.7 Å². The van der Waals surface area contributed by atoms with Gasteiger partial charge >= 0.3 is 0 Å². The minimum Gasteiger partial charge on any atom is -0.361 e. The predicted molar refractivity (Wildman–Crippen MR) is 138 cm³/mol. The first-order valence-electron chi connectivity index (χ1n) is 11.4. The van der Waals surface area contributed by atoms with Gasteiger partial charge in [0.1, 0.15) is 10.9 Å². The number of anilines is 2. The zero-order valence-electron chi connectivity index (χ0n) is 19.1. The summed E-state index contributed by atoms with van der Waals surface area (Å²) in [5.41, 5.74) is 4.65. The van der Waals surface area contributed by atoms with E-state index in [1.54, 1.807) is 17.5 Å². The lowest BCUT2D eigenvalue weighted by Crippen LogP contribution is -2.44. The van der Waals surface area contributed by atoms with E-state index in [4.69, 9.17) is 0 Å². The van der Waals surface area contributed by atoms with E-state index < -0.39 is 0 Å². The third kappa shape index (κ3) is 4.51. The van der Waals surface area contributed by atoms with Crippen LogP contribution in [0.3, 0.4) is 0 Å². The Morgan fingerprint density at radius 3 is 2.88 bits per heavy atom. The number of nitrogens with one attached hydrogen (secondary N) is 2. The van der Waals surface area contributed by atoms with E-state index in [0.29, 0.717) is 5.56 Å². The molecule has 1 aromatic carbocycles. The number of nitrogens with zero attached hydrogens (tertiary/aromatic N) is 4. The first-order valence-corrected chi connectivity index (χ1v) is 12.2. The van der Waals surface area contributed by atoms with E-state index in [9.17, 15) is 5.26 Å². The van der Waals surface area contributed by atoms with Crippen molar-refractivity contribution in [3.8, 4) is 6.07 Å². The average molecular weight is 457 g/mol. The number of aromatic nitrogens is 2. The van der Waals surface area contributed by atoms with Crippen LogP contribution in [-0.4, -0.2) is 59.5 Å². The fraction of sp³-hybridized carbons (Fsp3) is 0.308. The first-order chi connectivity index (χ1) is 16.1. The SMILES string of the molecule is Cc1c(Nc2c(C#N)cnc3sc(C=CCCN4CCN(C)CC4)cc23)ccc2[nH]ccc12. The van der Waals surface area contributed by atoms with Crippen molar-refractivity contribution in [2.24, 2.45) is 0 Å². The molecule has 7 heteroatoms. The molecule has 2 N–H and O–H groups in total. The van der Waals surface area contributed by atoms with E-state index in [1.165, 1.54) is 5.39 Å². The molecule has 168 valence electrons. The van der Waals surface area contributed by atoms with Crippen LogP contribution in [0.4, 0.5) is 11.4 Å². The van der Waals surface area contributed by atoms with Gasteiger partial charge in [0.15, 0.2) is 0 Å². The minimum atomic E-state index is 0.555. The smallest absolute Gasteiger partial charge is 0.125 e. The highest BCUT2D eigenvalue weighted by molar-refractivity contribution is 7.19. The first kappa shape index (κ1) is 21.7. The Labute approximate surface area is 198 Å². The van der Waals surface area contributed by atoms with Crippen LogP contribution < -0.4 is 5.32 Å². The number of fused-ring (bicyclic) bond motifs is 2. The molecule has 0 saturated carbocycles. The Balaban J connectivity index is 1.37. The number of H-pyrrole nitrogens is 1. The Morgan fingerprint density at radius 2 is 2.06 bits per heavy atom. The minimum absolute atomic E-state index is 0.555. The number of aryl methyl sites for hydroxylation is 1. The van der Waals surface area contributed by atoms with Crippen molar-refractivity contribution in [1.29, 1.82) is 5.26 Å². The maximum absolute atomic E-state index is 9.73. The van der Waals surface area contributed by atoms with Crippen molar-refractivity contribution in [2.75, 3.05) is 45.1 Å². The molecular weight excluding hydrogens is 428 g/mol. The Bertz CT molecular complexity index is 1350. The number of rotatable bonds is 6. The molecule has 0 radical (unpaired) electrons. The molecule has 0 unspecified atom stereocenters. The van der Waals surface area contributed by atoms with Crippen LogP contribution in [0.15, 0.2) is 42.7 Å². The molecule has 1 aliphatic heterocycles. The van der Waals surface area contributed by atoms with Crippen LogP contribution >= 0.6 is 11.3 Å². The predicted octanol–water partition coefficient (Wildman–Crippen LogP) is 5.35. The Morgan fingerprint density at radius 1 is 1.21 bits per heavy atom. The molecule has 6 nitrogen and oxygen atoms in total. The molecule has 4 heterocycles. The molecule has 0 amide bonds. The number of hydrogen-bond donors (Lipinski definition) is 2. The van der Waals surface area contributed by atoms with Crippen molar-refractivity contribution in [3.63, 3.8) is 0 Å². The summed E-state index contributed by atoms with van der Waals surface area (Å²) < 4.78 is 0. The maximum atomic E-state index is 9.73. The third-order valence-electron chi connectivity index (χ3n) is 6.45. The van der Waals surface area contributed by atoms with E-state index >= 15 is 0 Å². The van der Waals surface area contributed by atoms with E-state index in [1.807, 2.05) is 6.20 Å². The van der Waals surface area contributed by atoms with Gasteiger partial charge in [0.2, 0.25) is 0 Å². The van der Waals surface area contributed by atoms with Crippen LogP contribution in [0.1, 0.15) is 22.4 Å². The summed E-state index contributed by atoms with van der Waals surface area (Å²) in [5, 5.41) is 15.4. The monoisotopic (exact) mass is 456 g/mol. The third-order valence-corrected chi connectivity index (χ3v) is 7.46. The van der Waals surface area contributed by atoms with Crippen molar-refractivity contribution in [2.45, 2.75) is 13.3 Å².